The summed E-state index contributed by atoms with van der Waals surface area (Å²) in [7, 11) is 0. The van der Waals surface area contributed by atoms with E-state index in [1.54, 1.807) is 77.0 Å². The largest absolute Gasteiger partial charge is 0.305 e. The first-order chi connectivity index (χ1) is 13.4. The first kappa shape index (κ1) is 17.6. The molecule has 0 atom stereocenters. The van der Waals surface area contributed by atoms with Crippen molar-refractivity contribution in [2.75, 3.05) is 0 Å². The van der Waals surface area contributed by atoms with Crippen LogP contribution in [0.2, 0.25) is 0 Å². The molecule has 9 fully saturated rings. The molecule has 1 saturated heterocycles. The molecule has 8 aliphatic carbocycles. The molecule has 0 aromatic carbocycles. The maximum atomic E-state index is 4.62. The predicted molar refractivity (Wildman–Crippen MR) is 115 cm³/mol. The molecule has 0 spiro atoms. The molecule has 0 unspecified atom stereocenters. The Hall–Kier alpha value is -0.0400. The minimum atomic E-state index is 0.352. The normalized spacial score (nSPS) is 61.1. The average molecular weight is 382 g/mol. The van der Waals surface area contributed by atoms with E-state index in [2.05, 4.69) is 19.2 Å². The summed E-state index contributed by atoms with van der Waals surface area (Å²) in [6.45, 7) is 5.11. The summed E-state index contributed by atoms with van der Waals surface area (Å²) >= 11 is 0. The van der Waals surface area contributed by atoms with Crippen LogP contribution in [0.15, 0.2) is 0 Å². The lowest BCUT2D eigenvalue weighted by Crippen LogP contribution is -2.78. The van der Waals surface area contributed by atoms with Crippen LogP contribution in [0.4, 0.5) is 0 Å². The van der Waals surface area contributed by atoms with Crippen molar-refractivity contribution in [1.82, 2.24) is 5.32 Å². The van der Waals surface area contributed by atoms with E-state index < -0.39 is 0 Å². The molecule has 8 saturated carbocycles. The van der Waals surface area contributed by atoms with Gasteiger partial charge in [0.2, 0.25) is 0 Å². The van der Waals surface area contributed by atoms with Crippen LogP contribution in [-0.2, 0) is 0 Å². The van der Waals surface area contributed by atoms with Crippen molar-refractivity contribution in [3.63, 3.8) is 0 Å². The number of rotatable bonds is 2. The molecule has 1 heteroatoms. The highest BCUT2D eigenvalue weighted by Gasteiger charge is 2.70. The fraction of sp³-hybridized carbons (Fsp3) is 1.00. The Morgan fingerprint density at radius 3 is 1.21 bits per heavy atom. The molecule has 0 aromatic rings. The second-order valence-electron chi connectivity index (χ2n) is 14.2. The number of hydrogen-bond acceptors (Lipinski definition) is 1. The van der Waals surface area contributed by atoms with Gasteiger partial charge in [-0.1, -0.05) is 0 Å². The van der Waals surface area contributed by atoms with E-state index in [0.29, 0.717) is 21.9 Å². The van der Waals surface area contributed by atoms with E-state index >= 15 is 0 Å². The van der Waals surface area contributed by atoms with Gasteiger partial charge in [-0.15, -0.1) is 0 Å². The molecule has 0 amide bonds. The summed E-state index contributed by atoms with van der Waals surface area (Å²) in [4.78, 5) is 0. The van der Waals surface area contributed by atoms with E-state index in [9.17, 15) is 0 Å². The van der Waals surface area contributed by atoms with Gasteiger partial charge in [-0.05, 0) is 156 Å². The van der Waals surface area contributed by atoms with Gasteiger partial charge in [0.05, 0.1) is 0 Å². The van der Waals surface area contributed by atoms with Crippen molar-refractivity contribution in [2.24, 2.45) is 46.3 Å². The summed E-state index contributed by atoms with van der Waals surface area (Å²) in [5.74, 6) is 6.52. The summed E-state index contributed by atoms with van der Waals surface area (Å²) < 4.78 is 0. The number of piperidine rings is 1. The summed E-state index contributed by atoms with van der Waals surface area (Å²) in [6.07, 6.45) is 23.6. The third-order valence-electron chi connectivity index (χ3n) is 11.8. The highest BCUT2D eigenvalue weighted by Crippen LogP contribution is 2.74. The first-order valence-corrected chi connectivity index (χ1v) is 13.2. The molecular formula is C27H43N. The molecule has 1 nitrogen and oxygen atoms in total. The zero-order valence-corrected chi connectivity index (χ0v) is 18.6. The van der Waals surface area contributed by atoms with Crippen LogP contribution in [0.5, 0.6) is 0 Å². The van der Waals surface area contributed by atoms with Gasteiger partial charge in [0.25, 0.3) is 0 Å². The van der Waals surface area contributed by atoms with Gasteiger partial charge in [0.1, 0.15) is 0 Å². The predicted octanol–water partition coefficient (Wildman–Crippen LogP) is 6.71. The van der Waals surface area contributed by atoms with Crippen molar-refractivity contribution in [3.05, 3.63) is 0 Å². The standard InChI is InChI=1S/C27H43N/c1-24(2)4-3-5-27(28-24,25-12-18-6-19(13-25)8-20(7-18)14-25)26-15-21-9-22(16-26)11-23(10-21)17-26/h18-23,28H,3-17H2,1-2H3. The van der Waals surface area contributed by atoms with Gasteiger partial charge in [0, 0.05) is 11.1 Å². The van der Waals surface area contributed by atoms with E-state index in [4.69, 9.17) is 0 Å². The molecule has 8 bridgehead atoms. The highest BCUT2D eigenvalue weighted by molar-refractivity contribution is 5.24. The second-order valence-corrected chi connectivity index (χ2v) is 14.2. The van der Waals surface area contributed by atoms with Gasteiger partial charge >= 0.3 is 0 Å². The van der Waals surface area contributed by atoms with Crippen LogP contribution in [0.1, 0.15) is 110 Å². The van der Waals surface area contributed by atoms with E-state index in [1.807, 2.05) is 0 Å². The maximum Gasteiger partial charge on any atom is 0.0299 e. The summed E-state index contributed by atoms with van der Waals surface area (Å²) in [6, 6.07) is 0. The Morgan fingerprint density at radius 2 is 0.893 bits per heavy atom. The third kappa shape index (κ3) is 2.19. The summed E-state index contributed by atoms with van der Waals surface area (Å²) in [5.41, 5.74) is 2.15. The number of hydrogen-bond donors (Lipinski definition) is 1. The lowest BCUT2D eigenvalue weighted by atomic mass is 9.34. The molecule has 0 aromatic heterocycles. The Kier molecular flexibility index (Phi) is 3.40. The van der Waals surface area contributed by atoms with Crippen molar-refractivity contribution >= 4 is 0 Å². The monoisotopic (exact) mass is 381 g/mol. The minimum Gasteiger partial charge on any atom is -0.305 e. The molecule has 9 rings (SSSR count). The van der Waals surface area contributed by atoms with Gasteiger partial charge in [-0.3, -0.25) is 0 Å². The zero-order valence-electron chi connectivity index (χ0n) is 18.6. The number of nitrogens with one attached hydrogen (secondary N) is 1. The SMILES string of the molecule is CC1(C)CCCC(C23CC4CC(CC(C4)C2)C3)(C23CC4CC(CC(C4)C2)C3)N1. The van der Waals surface area contributed by atoms with Crippen LogP contribution >= 0.6 is 0 Å². The molecule has 1 aliphatic heterocycles. The fourth-order valence-corrected chi connectivity index (χ4v) is 12.1. The van der Waals surface area contributed by atoms with Crippen molar-refractivity contribution in [3.8, 4) is 0 Å². The molecular weight excluding hydrogens is 338 g/mol. The fourth-order valence-electron chi connectivity index (χ4n) is 12.1. The van der Waals surface area contributed by atoms with Crippen LogP contribution in [0.25, 0.3) is 0 Å². The molecule has 9 aliphatic rings. The van der Waals surface area contributed by atoms with Gasteiger partial charge in [-0.25, -0.2) is 0 Å². The topological polar surface area (TPSA) is 12.0 Å². The molecule has 0 radical (unpaired) electrons. The molecule has 28 heavy (non-hydrogen) atoms. The maximum absolute atomic E-state index is 4.62. The molecule has 1 N–H and O–H groups in total. The van der Waals surface area contributed by atoms with Crippen molar-refractivity contribution in [2.45, 2.75) is 121 Å². The molecule has 156 valence electrons. The van der Waals surface area contributed by atoms with Crippen molar-refractivity contribution in [1.29, 1.82) is 0 Å². The van der Waals surface area contributed by atoms with Gasteiger partial charge in [-0.2, -0.15) is 0 Å². The average Bonchev–Trinajstić information content (AvgIpc) is 2.58. The van der Waals surface area contributed by atoms with Gasteiger partial charge in [0.15, 0.2) is 0 Å². The third-order valence-corrected chi connectivity index (χ3v) is 11.8. The molecule has 1 heterocycles. The Morgan fingerprint density at radius 1 is 0.536 bits per heavy atom. The van der Waals surface area contributed by atoms with E-state index in [1.165, 1.54) is 19.3 Å². The van der Waals surface area contributed by atoms with E-state index in [-0.39, 0.29) is 0 Å². The van der Waals surface area contributed by atoms with E-state index in [0.717, 1.165) is 35.5 Å². The zero-order chi connectivity index (χ0) is 18.8. The first-order valence-electron chi connectivity index (χ1n) is 13.2. The van der Waals surface area contributed by atoms with Crippen LogP contribution in [-0.4, -0.2) is 11.1 Å². The second kappa shape index (κ2) is 5.41. The van der Waals surface area contributed by atoms with Crippen LogP contribution in [0, 0.1) is 46.3 Å². The quantitative estimate of drug-likeness (QED) is 0.560. The summed E-state index contributed by atoms with van der Waals surface area (Å²) in [5, 5.41) is 4.62. The highest BCUT2D eigenvalue weighted by atomic mass is 15.1. The van der Waals surface area contributed by atoms with Crippen LogP contribution < -0.4 is 5.32 Å². The Bertz CT molecular complexity index is 557. The Balaban J connectivity index is 1.38. The smallest absolute Gasteiger partial charge is 0.0299 e. The van der Waals surface area contributed by atoms with Gasteiger partial charge < -0.3 is 5.32 Å². The lowest BCUT2D eigenvalue weighted by molar-refractivity contribution is -0.214. The lowest BCUT2D eigenvalue weighted by Gasteiger charge is -2.75. The van der Waals surface area contributed by atoms with Crippen molar-refractivity contribution < 1.29 is 0 Å². The minimum absolute atomic E-state index is 0.352. The Labute approximate surface area is 173 Å². The van der Waals surface area contributed by atoms with Crippen LogP contribution in [0.3, 0.4) is 0 Å².